The summed E-state index contributed by atoms with van der Waals surface area (Å²) in [4.78, 5) is 13.7. The number of aromatic nitrogens is 4. The maximum absolute atomic E-state index is 4.71. The van der Waals surface area contributed by atoms with Crippen molar-refractivity contribution in [3.8, 4) is 0 Å². The molecule has 7 nitrogen and oxygen atoms in total. The highest BCUT2D eigenvalue weighted by Crippen LogP contribution is 2.34. The number of hydrogen-bond donors (Lipinski definition) is 2. The SMILES string of the molecule is CN(C)C[C@H]1CCN(c2nccc(Nc3cc(C4CCCC4)[nH]n3)n2)C1. The molecule has 1 saturated carbocycles. The lowest BCUT2D eigenvalue weighted by molar-refractivity contribution is 0.340. The van der Waals surface area contributed by atoms with Crippen LogP contribution < -0.4 is 10.2 Å². The van der Waals surface area contributed by atoms with Crippen LogP contribution in [0.2, 0.25) is 0 Å². The molecule has 2 fully saturated rings. The van der Waals surface area contributed by atoms with E-state index in [9.17, 15) is 0 Å². The Morgan fingerprint density at radius 3 is 2.88 bits per heavy atom. The lowest BCUT2D eigenvalue weighted by Crippen LogP contribution is -2.26. The van der Waals surface area contributed by atoms with Gasteiger partial charge in [-0.2, -0.15) is 10.1 Å². The molecule has 140 valence electrons. The van der Waals surface area contributed by atoms with Gasteiger partial charge in [-0.1, -0.05) is 12.8 Å². The van der Waals surface area contributed by atoms with Crippen molar-refractivity contribution in [3.05, 3.63) is 24.0 Å². The van der Waals surface area contributed by atoms with E-state index in [4.69, 9.17) is 4.98 Å². The van der Waals surface area contributed by atoms with Crippen LogP contribution in [0.15, 0.2) is 18.3 Å². The summed E-state index contributed by atoms with van der Waals surface area (Å²) < 4.78 is 0. The maximum Gasteiger partial charge on any atom is 0.227 e. The molecular formula is C19H29N7. The molecule has 1 aliphatic heterocycles. The third-order valence-electron chi connectivity index (χ3n) is 5.48. The Balaban J connectivity index is 1.40. The molecule has 4 rings (SSSR count). The number of rotatable bonds is 6. The molecule has 1 atom stereocenters. The molecule has 0 amide bonds. The van der Waals surface area contributed by atoms with Gasteiger partial charge in [0, 0.05) is 43.5 Å². The van der Waals surface area contributed by atoms with Crippen molar-refractivity contribution in [1.82, 2.24) is 25.1 Å². The monoisotopic (exact) mass is 355 g/mol. The zero-order valence-electron chi connectivity index (χ0n) is 15.8. The van der Waals surface area contributed by atoms with Crippen molar-refractivity contribution < 1.29 is 0 Å². The zero-order chi connectivity index (χ0) is 17.9. The molecule has 0 unspecified atom stereocenters. The van der Waals surface area contributed by atoms with Crippen molar-refractivity contribution in [2.75, 3.05) is 43.9 Å². The van der Waals surface area contributed by atoms with E-state index in [-0.39, 0.29) is 0 Å². The van der Waals surface area contributed by atoms with Crippen LogP contribution in [0.5, 0.6) is 0 Å². The van der Waals surface area contributed by atoms with E-state index in [1.54, 1.807) is 0 Å². The summed E-state index contributed by atoms with van der Waals surface area (Å²) >= 11 is 0. The van der Waals surface area contributed by atoms with Gasteiger partial charge in [0.25, 0.3) is 0 Å². The Labute approximate surface area is 155 Å². The quantitative estimate of drug-likeness (QED) is 0.830. The molecule has 2 aliphatic rings. The Morgan fingerprint density at radius 1 is 1.23 bits per heavy atom. The van der Waals surface area contributed by atoms with Crippen LogP contribution >= 0.6 is 0 Å². The van der Waals surface area contributed by atoms with Crippen LogP contribution in [0.3, 0.4) is 0 Å². The second kappa shape index (κ2) is 7.61. The summed E-state index contributed by atoms with van der Waals surface area (Å²) in [5, 5.41) is 10.9. The second-order valence-electron chi connectivity index (χ2n) is 7.92. The topological polar surface area (TPSA) is 73.0 Å². The summed E-state index contributed by atoms with van der Waals surface area (Å²) in [7, 11) is 4.26. The lowest BCUT2D eigenvalue weighted by atomic mass is 10.0. The van der Waals surface area contributed by atoms with Crippen LogP contribution in [0.25, 0.3) is 0 Å². The van der Waals surface area contributed by atoms with Gasteiger partial charge in [0.05, 0.1) is 0 Å². The molecule has 2 N–H and O–H groups in total. The number of anilines is 3. The van der Waals surface area contributed by atoms with E-state index >= 15 is 0 Å². The molecule has 3 heterocycles. The lowest BCUT2D eigenvalue weighted by Gasteiger charge is -2.18. The Morgan fingerprint density at radius 2 is 2.08 bits per heavy atom. The Kier molecular flexibility index (Phi) is 5.06. The predicted octanol–water partition coefficient (Wildman–Crippen LogP) is 2.99. The van der Waals surface area contributed by atoms with Gasteiger partial charge in [-0.25, -0.2) is 4.98 Å². The van der Waals surface area contributed by atoms with Crippen molar-refractivity contribution in [2.24, 2.45) is 5.92 Å². The van der Waals surface area contributed by atoms with Crippen molar-refractivity contribution in [1.29, 1.82) is 0 Å². The average Bonchev–Trinajstić information content (AvgIpc) is 3.36. The fraction of sp³-hybridized carbons (Fsp3) is 0.632. The highest BCUT2D eigenvalue weighted by Gasteiger charge is 2.25. The second-order valence-corrected chi connectivity index (χ2v) is 7.92. The smallest absolute Gasteiger partial charge is 0.227 e. The van der Waals surface area contributed by atoms with Crippen LogP contribution in [-0.4, -0.2) is 58.8 Å². The van der Waals surface area contributed by atoms with Gasteiger partial charge in [-0.15, -0.1) is 0 Å². The van der Waals surface area contributed by atoms with Crippen LogP contribution in [0.4, 0.5) is 17.6 Å². The van der Waals surface area contributed by atoms with E-state index in [0.717, 1.165) is 37.2 Å². The molecule has 2 aromatic heterocycles. The minimum atomic E-state index is 0.636. The average molecular weight is 355 g/mol. The summed E-state index contributed by atoms with van der Waals surface area (Å²) in [6, 6.07) is 4.03. The minimum Gasteiger partial charge on any atom is -0.340 e. The molecule has 0 radical (unpaired) electrons. The molecule has 1 aliphatic carbocycles. The van der Waals surface area contributed by atoms with Crippen molar-refractivity contribution >= 4 is 17.6 Å². The molecule has 0 aromatic carbocycles. The summed E-state index contributed by atoms with van der Waals surface area (Å²) in [6.07, 6.45) is 8.21. The molecule has 2 aromatic rings. The summed E-state index contributed by atoms with van der Waals surface area (Å²) in [6.45, 7) is 3.16. The molecule has 0 spiro atoms. The largest absolute Gasteiger partial charge is 0.340 e. The number of H-pyrrole nitrogens is 1. The van der Waals surface area contributed by atoms with E-state index in [2.05, 4.69) is 50.5 Å². The van der Waals surface area contributed by atoms with Gasteiger partial charge in [0.1, 0.15) is 5.82 Å². The van der Waals surface area contributed by atoms with E-state index < -0.39 is 0 Å². The van der Waals surface area contributed by atoms with Gasteiger partial charge < -0.3 is 15.1 Å². The molecular weight excluding hydrogens is 326 g/mol. The highest BCUT2D eigenvalue weighted by molar-refractivity contribution is 5.53. The standard InChI is InChI=1S/C19H29N7/c1-25(2)12-14-8-10-26(13-14)19-20-9-7-17(22-19)21-18-11-16(23-24-18)15-5-3-4-6-15/h7,9,11,14-15H,3-6,8,10,12-13H2,1-2H3,(H2,20,21,22,23,24)/t14-/m1/s1. The van der Waals surface area contributed by atoms with Crippen molar-refractivity contribution in [2.45, 2.75) is 38.0 Å². The van der Waals surface area contributed by atoms with E-state index in [0.29, 0.717) is 11.8 Å². The molecule has 0 bridgehead atoms. The number of nitrogens with one attached hydrogen (secondary N) is 2. The fourth-order valence-electron chi connectivity index (χ4n) is 4.23. The first-order valence-corrected chi connectivity index (χ1v) is 9.72. The summed E-state index contributed by atoms with van der Waals surface area (Å²) in [5.41, 5.74) is 1.24. The van der Waals surface area contributed by atoms with Gasteiger partial charge in [-0.05, 0) is 45.3 Å². The highest BCUT2D eigenvalue weighted by atomic mass is 15.3. The maximum atomic E-state index is 4.71. The van der Waals surface area contributed by atoms with Crippen LogP contribution in [0, 0.1) is 5.92 Å². The van der Waals surface area contributed by atoms with E-state index in [1.807, 2.05) is 12.3 Å². The number of nitrogens with zero attached hydrogens (tertiary/aromatic N) is 5. The normalized spacial score (nSPS) is 21.0. The van der Waals surface area contributed by atoms with Crippen molar-refractivity contribution in [3.63, 3.8) is 0 Å². The van der Waals surface area contributed by atoms with Crippen LogP contribution in [-0.2, 0) is 0 Å². The van der Waals surface area contributed by atoms with Gasteiger partial charge in [-0.3, -0.25) is 5.10 Å². The number of hydrogen-bond acceptors (Lipinski definition) is 6. The third-order valence-corrected chi connectivity index (χ3v) is 5.48. The molecule has 26 heavy (non-hydrogen) atoms. The van der Waals surface area contributed by atoms with Crippen LogP contribution in [0.1, 0.15) is 43.7 Å². The minimum absolute atomic E-state index is 0.636. The summed E-state index contributed by atoms with van der Waals surface area (Å²) in [5.74, 6) is 3.77. The Hall–Kier alpha value is -2.15. The fourth-order valence-corrected chi connectivity index (χ4v) is 4.23. The molecule has 1 saturated heterocycles. The first-order chi connectivity index (χ1) is 12.7. The first-order valence-electron chi connectivity index (χ1n) is 9.72. The Bertz CT molecular complexity index is 720. The van der Waals surface area contributed by atoms with Gasteiger partial charge in [0.2, 0.25) is 5.95 Å². The molecule has 7 heteroatoms. The van der Waals surface area contributed by atoms with Gasteiger partial charge in [0.15, 0.2) is 5.82 Å². The first kappa shape index (κ1) is 17.3. The zero-order valence-corrected chi connectivity index (χ0v) is 15.8. The van der Waals surface area contributed by atoms with Gasteiger partial charge >= 0.3 is 0 Å². The number of aromatic amines is 1. The predicted molar refractivity (Wildman–Crippen MR) is 104 cm³/mol. The van der Waals surface area contributed by atoms with E-state index in [1.165, 1.54) is 37.8 Å². The third kappa shape index (κ3) is 3.98.